The summed E-state index contributed by atoms with van der Waals surface area (Å²) in [6.45, 7) is 4.21. The van der Waals surface area contributed by atoms with E-state index in [1.165, 1.54) is 18.0 Å². The zero-order valence-electron chi connectivity index (χ0n) is 11.8. The zero-order chi connectivity index (χ0) is 15.2. The van der Waals surface area contributed by atoms with Gasteiger partial charge in [0.2, 0.25) is 11.8 Å². The van der Waals surface area contributed by atoms with E-state index in [1.54, 1.807) is 6.07 Å². The molecule has 1 aliphatic heterocycles. The van der Waals surface area contributed by atoms with Crippen LogP contribution in [-0.4, -0.2) is 35.0 Å². The molecule has 1 saturated heterocycles. The number of thioether (sulfide) groups is 1. The molecule has 0 spiro atoms. The predicted molar refractivity (Wildman–Crippen MR) is 81.3 cm³/mol. The second kappa shape index (κ2) is 7.07. The molecule has 8 heteroatoms. The summed E-state index contributed by atoms with van der Waals surface area (Å²) in [5.41, 5.74) is 0. The van der Waals surface area contributed by atoms with Gasteiger partial charge in [-0.25, -0.2) is 0 Å². The summed E-state index contributed by atoms with van der Waals surface area (Å²) in [5.74, 6) is 0.995. The lowest BCUT2D eigenvalue weighted by Gasteiger charge is -2.04. The number of hydrogen-bond donors (Lipinski definition) is 2. The summed E-state index contributed by atoms with van der Waals surface area (Å²) in [7, 11) is 0. The second-order valence-corrected chi connectivity index (χ2v) is 5.54. The number of amidine groups is 1. The summed E-state index contributed by atoms with van der Waals surface area (Å²) in [6.07, 6.45) is 1.59. The van der Waals surface area contributed by atoms with Gasteiger partial charge in [0.05, 0.1) is 6.21 Å². The maximum atomic E-state index is 11.7. The highest BCUT2D eigenvalue weighted by Gasteiger charge is 2.32. The van der Waals surface area contributed by atoms with Gasteiger partial charge in [-0.3, -0.25) is 9.59 Å². The number of carbonyl (C=O) groups excluding carboxylic acids is 2. The predicted octanol–water partition coefficient (Wildman–Crippen LogP) is 1.04. The summed E-state index contributed by atoms with van der Waals surface area (Å²) in [5, 5.41) is 12.9. The van der Waals surface area contributed by atoms with E-state index in [2.05, 4.69) is 20.8 Å². The lowest BCUT2D eigenvalue weighted by atomic mass is 10.3. The van der Waals surface area contributed by atoms with Crippen molar-refractivity contribution in [1.29, 1.82) is 0 Å². The largest absolute Gasteiger partial charge is 0.460 e. The number of furan rings is 1. The number of amides is 2. The smallest absolute Gasteiger partial charge is 0.240 e. The fourth-order valence-electron chi connectivity index (χ4n) is 1.69. The molecule has 2 N–H and O–H groups in total. The third-order valence-electron chi connectivity index (χ3n) is 2.62. The van der Waals surface area contributed by atoms with Gasteiger partial charge >= 0.3 is 0 Å². The van der Waals surface area contributed by atoms with E-state index in [1.807, 2.05) is 19.9 Å². The summed E-state index contributed by atoms with van der Waals surface area (Å²) < 4.78 is 5.30. The van der Waals surface area contributed by atoms with Crippen LogP contribution in [0.2, 0.25) is 0 Å². The van der Waals surface area contributed by atoms with Crippen molar-refractivity contribution in [2.45, 2.75) is 25.5 Å². The Labute approximate surface area is 126 Å². The highest BCUT2D eigenvalue weighted by Crippen LogP contribution is 2.22. The van der Waals surface area contributed by atoms with Gasteiger partial charge in [0, 0.05) is 13.0 Å². The zero-order valence-corrected chi connectivity index (χ0v) is 12.6. The van der Waals surface area contributed by atoms with Crippen molar-refractivity contribution in [3.63, 3.8) is 0 Å². The Bertz CT molecular complexity index is 594. The molecule has 1 atom stereocenters. The molecule has 0 bridgehead atoms. The minimum atomic E-state index is -0.462. The molecule has 7 nitrogen and oxygen atoms in total. The number of aryl methyl sites for hydroxylation is 1. The Balaban J connectivity index is 1.91. The van der Waals surface area contributed by atoms with Crippen LogP contribution in [0.15, 0.2) is 26.8 Å². The van der Waals surface area contributed by atoms with Crippen LogP contribution in [0, 0.1) is 6.92 Å². The SMILES string of the molecule is CCNC(=O)CC1S/C(=N\N=C\c2ccc(C)o2)NC1=O. The molecule has 1 aromatic rings. The molecule has 0 radical (unpaired) electrons. The summed E-state index contributed by atoms with van der Waals surface area (Å²) >= 11 is 1.20. The van der Waals surface area contributed by atoms with Crippen LogP contribution in [-0.2, 0) is 9.59 Å². The fraction of sp³-hybridized carbons (Fsp3) is 0.385. The first-order valence-corrected chi connectivity index (χ1v) is 7.38. The number of rotatable bonds is 5. The second-order valence-electron chi connectivity index (χ2n) is 4.35. The van der Waals surface area contributed by atoms with E-state index in [-0.39, 0.29) is 18.2 Å². The van der Waals surface area contributed by atoms with Crippen LogP contribution in [0.1, 0.15) is 24.9 Å². The van der Waals surface area contributed by atoms with Crippen molar-refractivity contribution < 1.29 is 14.0 Å². The molecule has 1 aliphatic rings. The monoisotopic (exact) mass is 308 g/mol. The van der Waals surface area contributed by atoms with Crippen LogP contribution in [0.25, 0.3) is 0 Å². The maximum absolute atomic E-state index is 11.7. The molecule has 21 heavy (non-hydrogen) atoms. The Hall–Kier alpha value is -2.09. The van der Waals surface area contributed by atoms with Gasteiger partial charge in [0.15, 0.2) is 5.17 Å². The standard InChI is InChI=1S/C13H16N4O3S/c1-3-14-11(18)6-10-12(19)16-13(21-10)17-15-7-9-5-4-8(2)20-9/h4-5,7,10H,3,6H2,1-2H3,(H,14,18)(H,16,17,19)/b15-7+. The van der Waals surface area contributed by atoms with Crippen LogP contribution >= 0.6 is 11.8 Å². The topological polar surface area (TPSA) is 96.1 Å². The van der Waals surface area contributed by atoms with Gasteiger partial charge in [0.25, 0.3) is 0 Å². The molecule has 1 unspecified atom stereocenters. The van der Waals surface area contributed by atoms with Gasteiger partial charge in [0.1, 0.15) is 16.8 Å². The van der Waals surface area contributed by atoms with Crippen LogP contribution in [0.4, 0.5) is 0 Å². The minimum absolute atomic E-state index is 0.129. The molecule has 2 rings (SSSR count). The summed E-state index contributed by atoms with van der Waals surface area (Å²) in [4.78, 5) is 23.2. The Morgan fingerprint density at radius 1 is 1.57 bits per heavy atom. The minimum Gasteiger partial charge on any atom is -0.460 e. The maximum Gasteiger partial charge on any atom is 0.240 e. The van der Waals surface area contributed by atoms with E-state index < -0.39 is 5.25 Å². The molecular formula is C13H16N4O3S. The van der Waals surface area contributed by atoms with E-state index >= 15 is 0 Å². The van der Waals surface area contributed by atoms with E-state index in [4.69, 9.17) is 4.42 Å². The quantitative estimate of drug-likeness (QED) is 0.627. The molecular weight excluding hydrogens is 292 g/mol. The third kappa shape index (κ3) is 4.45. The molecule has 0 aromatic carbocycles. The van der Waals surface area contributed by atoms with Crippen molar-refractivity contribution >= 4 is 35.0 Å². The van der Waals surface area contributed by atoms with Gasteiger partial charge in [-0.15, -0.1) is 5.10 Å². The lowest BCUT2D eigenvalue weighted by molar-refractivity contribution is -0.125. The highest BCUT2D eigenvalue weighted by molar-refractivity contribution is 8.15. The normalized spacial score (nSPS) is 20.2. The average molecular weight is 308 g/mol. The van der Waals surface area contributed by atoms with Crippen molar-refractivity contribution in [2.24, 2.45) is 10.2 Å². The van der Waals surface area contributed by atoms with Crippen LogP contribution < -0.4 is 10.6 Å². The summed E-state index contributed by atoms with van der Waals surface area (Å²) in [6, 6.07) is 3.60. The molecule has 2 amide bonds. The van der Waals surface area contributed by atoms with Crippen LogP contribution in [0.5, 0.6) is 0 Å². The molecule has 0 aliphatic carbocycles. The molecule has 2 heterocycles. The van der Waals surface area contributed by atoms with E-state index in [0.717, 1.165) is 5.76 Å². The van der Waals surface area contributed by atoms with Crippen LogP contribution in [0.3, 0.4) is 0 Å². The molecule has 112 valence electrons. The van der Waals surface area contributed by atoms with Crippen molar-refractivity contribution in [3.05, 3.63) is 23.7 Å². The lowest BCUT2D eigenvalue weighted by Crippen LogP contribution is -2.31. The number of hydrogen-bond acceptors (Lipinski definition) is 6. The fourth-order valence-corrected chi connectivity index (χ4v) is 2.61. The van der Waals surface area contributed by atoms with Crippen molar-refractivity contribution in [2.75, 3.05) is 6.54 Å². The first-order valence-electron chi connectivity index (χ1n) is 6.50. The van der Waals surface area contributed by atoms with E-state index in [0.29, 0.717) is 17.5 Å². The number of nitrogens with one attached hydrogen (secondary N) is 2. The average Bonchev–Trinajstić information content (AvgIpc) is 2.97. The van der Waals surface area contributed by atoms with E-state index in [9.17, 15) is 9.59 Å². The first-order chi connectivity index (χ1) is 10.1. The molecule has 0 saturated carbocycles. The number of carbonyl (C=O) groups is 2. The highest BCUT2D eigenvalue weighted by atomic mass is 32.2. The Kier molecular flexibility index (Phi) is 5.15. The first kappa shape index (κ1) is 15.3. The Morgan fingerprint density at radius 2 is 2.38 bits per heavy atom. The third-order valence-corrected chi connectivity index (χ3v) is 3.69. The van der Waals surface area contributed by atoms with Crippen molar-refractivity contribution in [1.82, 2.24) is 10.6 Å². The van der Waals surface area contributed by atoms with Crippen molar-refractivity contribution in [3.8, 4) is 0 Å². The van der Waals surface area contributed by atoms with Gasteiger partial charge in [-0.1, -0.05) is 11.8 Å². The Morgan fingerprint density at radius 3 is 3.05 bits per heavy atom. The molecule has 1 fully saturated rings. The molecule has 1 aromatic heterocycles. The number of nitrogens with zero attached hydrogens (tertiary/aromatic N) is 2. The van der Waals surface area contributed by atoms with Gasteiger partial charge in [-0.05, 0) is 26.0 Å². The van der Waals surface area contributed by atoms with Gasteiger partial charge in [-0.2, -0.15) is 5.10 Å². The van der Waals surface area contributed by atoms with Gasteiger partial charge < -0.3 is 15.1 Å².